The molecular weight excluding hydrogens is 484 g/mol. The Morgan fingerprint density at radius 1 is 1.31 bits per heavy atom. The van der Waals surface area contributed by atoms with E-state index in [4.69, 9.17) is 16.3 Å². The zero-order valence-electron chi connectivity index (χ0n) is 14.9. The van der Waals surface area contributed by atoms with Crippen molar-refractivity contribution in [2.24, 2.45) is 0 Å². The molecule has 0 spiro atoms. The van der Waals surface area contributed by atoms with E-state index in [0.717, 1.165) is 4.90 Å². The van der Waals surface area contributed by atoms with E-state index in [0.29, 0.717) is 32.7 Å². The maximum Gasteiger partial charge on any atom is 0.294 e. The van der Waals surface area contributed by atoms with E-state index in [-0.39, 0.29) is 16.2 Å². The van der Waals surface area contributed by atoms with Crippen molar-refractivity contribution < 1.29 is 24.2 Å². The molecule has 3 amide bonds. The summed E-state index contributed by atoms with van der Waals surface area (Å²) in [5.74, 6) is -0.624. The number of methoxy groups -OCH3 is 1. The molecule has 2 aromatic carbocycles. The summed E-state index contributed by atoms with van der Waals surface area (Å²) in [4.78, 5) is 37.9. The van der Waals surface area contributed by atoms with Crippen LogP contribution in [0, 0.1) is 0 Å². The molecule has 1 heterocycles. The monoisotopic (exact) mass is 496 g/mol. The number of carbonyl (C=O) groups excluding carboxylic acids is 3. The molecule has 2 N–H and O–H groups in total. The number of phenolic OH excluding ortho intramolecular Hbond substituents is 1. The van der Waals surface area contributed by atoms with Gasteiger partial charge in [-0.1, -0.05) is 11.6 Å². The molecule has 0 radical (unpaired) electrons. The number of benzene rings is 2. The van der Waals surface area contributed by atoms with Gasteiger partial charge < -0.3 is 15.2 Å². The molecule has 1 fully saturated rings. The number of nitrogens with zero attached hydrogens (tertiary/aromatic N) is 1. The lowest BCUT2D eigenvalue weighted by molar-refractivity contribution is -0.127. The lowest BCUT2D eigenvalue weighted by Crippen LogP contribution is -2.36. The number of aromatic hydroxyl groups is 1. The minimum absolute atomic E-state index is 0.0803. The van der Waals surface area contributed by atoms with Crippen LogP contribution in [0.5, 0.6) is 11.5 Å². The highest BCUT2D eigenvalue weighted by molar-refractivity contribution is 9.10. The molecule has 0 aromatic heterocycles. The van der Waals surface area contributed by atoms with Crippen molar-refractivity contribution in [3.63, 3.8) is 0 Å². The predicted octanol–water partition coefficient (Wildman–Crippen LogP) is 4.49. The Morgan fingerprint density at radius 3 is 2.66 bits per heavy atom. The fourth-order valence-corrected chi connectivity index (χ4v) is 4.16. The average Bonchev–Trinajstić information content (AvgIpc) is 2.93. The summed E-state index contributed by atoms with van der Waals surface area (Å²) in [7, 11) is 1.53. The number of thioether (sulfide) groups is 1. The standard InChI is InChI=1S/C19H14BrClN2O5S/c1-28-13-4-2-12(3-5-13)22-16(24)9-23-18(26)15(29-19(23)27)7-10-6-11(21)8-14(20)17(10)25/h2-8,25H,9H2,1H3,(H,22,24)/b15-7+. The molecule has 7 nitrogen and oxygen atoms in total. The Morgan fingerprint density at radius 2 is 2.00 bits per heavy atom. The number of ether oxygens (including phenoxy) is 1. The lowest BCUT2D eigenvalue weighted by atomic mass is 10.2. The van der Waals surface area contributed by atoms with Gasteiger partial charge in [0.1, 0.15) is 18.0 Å². The van der Waals surface area contributed by atoms with Crippen LogP contribution in [0.3, 0.4) is 0 Å². The molecule has 3 rings (SSSR count). The van der Waals surface area contributed by atoms with Gasteiger partial charge >= 0.3 is 0 Å². The van der Waals surface area contributed by atoms with Gasteiger partial charge in [0.25, 0.3) is 11.1 Å². The Kier molecular flexibility index (Phi) is 6.51. The van der Waals surface area contributed by atoms with Crippen LogP contribution >= 0.6 is 39.3 Å². The highest BCUT2D eigenvalue weighted by Gasteiger charge is 2.36. The number of imide groups is 1. The third-order valence-corrected chi connectivity index (χ3v) is 5.62. The van der Waals surface area contributed by atoms with Gasteiger partial charge in [0, 0.05) is 16.3 Å². The fraction of sp³-hybridized carbons (Fsp3) is 0.105. The average molecular weight is 498 g/mol. The number of rotatable bonds is 5. The number of nitrogens with one attached hydrogen (secondary N) is 1. The van der Waals surface area contributed by atoms with Crippen molar-refractivity contribution in [3.05, 3.63) is 56.4 Å². The van der Waals surface area contributed by atoms with Crippen molar-refractivity contribution in [3.8, 4) is 11.5 Å². The molecule has 0 aliphatic carbocycles. The Bertz CT molecular complexity index is 1030. The summed E-state index contributed by atoms with van der Waals surface area (Å²) in [6.07, 6.45) is 1.36. The molecule has 150 valence electrons. The van der Waals surface area contributed by atoms with Crippen molar-refractivity contribution in [2.75, 3.05) is 19.0 Å². The third kappa shape index (κ3) is 4.92. The van der Waals surface area contributed by atoms with Crippen LogP contribution in [-0.2, 0) is 9.59 Å². The molecule has 0 atom stereocenters. The number of phenols is 1. The normalized spacial score (nSPS) is 15.1. The number of hydrogen-bond donors (Lipinski definition) is 2. The molecule has 29 heavy (non-hydrogen) atoms. The first-order valence-electron chi connectivity index (χ1n) is 8.15. The number of anilines is 1. The summed E-state index contributed by atoms with van der Waals surface area (Å²) in [5.41, 5.74) is 0.782. The van der Waals surface area contributed by atoms with Crippen LogP contribution in [0.25, 0.3) is 6.08 Å². The van der Waals surface area contributed by atoms with Gasteiger partial charge in [0.15, 0.2) is 0 Å². The smallest absolute Gasteiger partial charge is 0.294 e. The Hall–Kier alpha value is -2.49. The molecule has 1 aliphatic heterocycles. The minimum atomic E-state index is -0.625. The summed E-state index contributed by atoms with van der Waals surface area (Å²) >= 11 is 9.81. The van der Waals surface area contributed by atoms with Crippen molar-refractivity contribution >= 4 is 68.1 Å². The van der Waals surface area contributed by atoms with E-state index in [1.54, 1.807) is 24.3 Å². The van der Waals surface area contributed by atoms with Gasteiger partial charge in [-0.15, -0.1) is 0 Å². The molecule has 0 saturated carbocycles. The topological polar surface area (TPSA) is 95.9 Å². The first kappa shape index (κ1) is 21.2. The second-order valence-corrected chi connectivity index (χ2v) is 8.15. The van der Waals surface area contributed by atoms with E-state index in [1.807, 2.05) is 0 Å². The number of hydrogen-bond acceptors (Lipinski definition) is 6. The zero-order valence-corrected chi connectivity index (χ0v) is 18.1. The van der Waals surface area contributed by atoms with Crippen molar-refractivity contribution in [1.29, 1.82) is 0 Å². The molecular formula is C19H14BrClN2O5S. The first-order chi connectivity index (χ1) is 13.8. The molecule has 1 saturated heterocycles. The van der Waals surface area contributed by atoms with E-state index < -0.39 is 23.6 Å². The maximum atomic E-state index is 12.6. The van der Waals surface area contributed by atoms with E-state index >= 15 is 0 Å². The minimum Gasteiger partial charge on any atom is -0.506 e. The number of halogens is 2. The van der Waals surface area contributed by atoms with E-state index in [1.165, 1.54) is 25.3 Å². The first-order valence-corrected chi connectivity index (χ1v) is 10.1. The Balaban J connectivity index is 1.72. The van der Waals surface area contributed by atoms with Crippen molar-refractivity contribution in [2.45, 2.75) is 0 Å². The van der Waals surface area contributed by atoms with Gasteiger partial charge in [-0.05, 0) is 70.2 Å². The molecule has 2 aromatic rings. The van der Waals surface area contributed by atoms with Gasteiger partial charge in [-0.2, -0.15) is 0 Å². The third-order valence-electron chi connectivity index (χ3n) is 3.89. The second-order valence-electron chi connectivity index (χ2n) is 5.87. The van der Waals surface area contributed by atoms with E-state index in [9.17, 15) is 19.5 Å². The van der Waals surface area contributed by atoms with Crippen LogP contribution in [0.2, 0.25) is 5.02 Å². The number of amides is 3. The SMILES string of the molecule is COc1ccc(NC(=O)CN2C(=O)S/C(=C/c3cc(Cl)cc(Br)c3O)C2=O)cc1. The zero-order chi connectivity index (χ0) is 21.1. The largest absolute Gasteiger partial charge is 0.506 e. The van der Waals surface area contributed by atoms with Crippen LogP contribution in [0.1, 0.15) is 5.56 Å². The Labute approximate surface area is 183 Å². The van der Waals surface area contributed by atoms with Crippen LogP contribution in [-0.4, -0.2) is 40.7 Å². The predicted molar refractivity (Wildman–Crippen MR) is 115 cm³/mol. The molecule has 1 aliphatic rings. The quantitative estimate of drug-likeness (QED) is 0.591. The van der Waals surface area contributed by atoms with E-state index in [2.05, 4.69) is 21.2 Å². The highest BCUT2D eigenvalue weighted by atomic mass is 79.9. The molecule has 0 bridgehead atoms. The van der Waals surface area contributed by atoms with Crippen LogP contribution in [0.4, 0.5) is 10.5 Å². The second kappa shape index (κ2) is 8.89. The number of carbonyl (C=O) groups is 3. The lowest BCUT2D eigenvalue weighted by Gasteiger charge is -2.12. The van der Waals surface area contributed by atoms with Gasteiger partial charge in [0.2, 0.25) is 5.91 Å². The van der Waals surface area contributed by atoms with Gasteiger partial charge in [0.05, 0.1) is 16.5 Å². The van der Waals surface area contributed by atoms with Crippen molar-refractivity contribution in [1.82, 2.24) is 4.90 Å². The van der Waals surface area contributed by atoms with Gasteiger partial charge in [-0.3, -0.25) is 19.3 Å². The maximum absolute atomic E-state index is 12.6. The van der Waals surface area contributed by atoms with Crippen LogP contribution in [0.15, 0.2) is 45.8 Å². The summed E-state index contributed by atoms with van der Waals surface area (Å²) in [5, 5.41) is 12.5. The van der Waals surface area contributed by atoms with Gasteiger partial charge in [-0.25, -0.2) is 0 Å². The van der Waals surface area contributed by atoms with Crippen LogP contribution < -0.4 is 10.1 Å². The fourth-order valence-electron chi connectivity index (χ4n) is 2.49. The summed E-state index contributed by atoms with van der Waals surface area (Å²) < 4.78 is 5.40. The summed E-state index contributed by atoms with van der Waals surface area (Å²) in [6.45, 7) is -0.431. The molecule has 0 unspecified atom stereocenters. The summed E-state index contributed by atoms with van der Waals surface area (Å²) in [6, 6.07) is 9.60. The molecule has 10 heteroatoms. The highest BCUT2D eigenvalue weighted by Crippen LogP contribution is 2.37.